The van der Waals surface area contributed by atoms with Gasteiger partial charge in [-0.05, 0) is 47.7 Å². The molecule has 234 valence electrons. The number of amides is 1. The Balaban J connectivity index is 0.00000384. The van der Waals surface area contributed by atoms with Crippen LogP contribution in [0.15, 0.2) is 65.8 Å². The number of methoxy groups -OCH3 is 1. The summed E-state index contributed by atoms with van der Waals surface area (Å²) in [4.78, 5) is 30.0. The molecule has 2 aliphatic rings. The second-order valence-electron chi connectivity index (χ2n) is 11.2. The van der Waals surface area contributed by atoms with Gasteiger partial charge in [0, 0.05) is 51.2 Å². The lowest BCUT2D eigenvalue weighted by atomic mass is 9.87. The largest absolute Gasteiger partial charge is 0.481 e. The Bertz CT molecular complexity index is 1660. The van der Waals surface area contributed by atoms with Gasteiger partial charge in [-0.15, -0.1) is 12.4 Å². The highest BCUT2D eigenvalue weighted by atomic mass is 35.5. The quantitative estimate of drug-likeness (QED) is 0.244. The summed E-state index contributed by atoms with van der Waals surface area (Å²) in [7, 11) is -2.08. The van der Waals surface area contributed by atoms with Crippen LogP contribution in [0.5, 0.6) is 5.88 Å². The number of hydrogen-bond donors (Lipinski definition) is 1. The molecule has 1 aliphatic carbocycles. The normalized spacial score (nSPS) is 17.3. The number of hydrogen-bond acceptors (Lipinski definition) is 9. The zero-order valence-electron chi connectivity index (χ0n) is 24.6. The lowest BCUT2D eigenvalue weighted by molar-refractivity contribution is -0.118. The van der Waals surface area contributed by atoms with Crippen LogP contribution < -0.4 is 10.1 Å². The fourth-order valence-electron chi connectivity index (χ4n) is 6.03. The molecular formula is C31H37ClN6O4S2. The molecule has 4 aromatic rings. The van der Waals surface area contributed by atoms with Crippen LogP contribution in [-0.4, -0.2) is 71.8 Å². The third kappa shape index (κ3) is 7.37. The first kappa shape index (κ1) is 32.2. The van der Waals surface area contributed by atoms with Gasteiger partial charge in [-0.2, -0.15) is 4.31 Å². The number of anilines is 1. The average Bonchev–Trinajstić information content (AvgIpc) is 3.70. The maximum absolute atomic E-state index is 13.7. The number of thiazole rings is 1. The van der Waals surface area contributed by atoms with Gasteiger partial charge in [0.2, 0.25) is 21.8 Å². The van der Waals surface area contributed by atoms with Gasteiger partial charge in [0.25, 0.3) is 0 Å². The third-order valence-electron chi connectivity index (χ3n) is 8.41. The van der Waals surface area contributed by atoms with E-state index in [0.717, 1.165) is 30.5 Å². The number of carbonyl (C=O) groups excluding carboxylic acids is 1. The van der Waals surface area contributed by atoms with Crippen molar-refractivity contribution in [3.63, 3.8) is 0 Å². The first-order chi connectivity index (χ1) is 20.9. The molecule has 6 rings (SSSR count). The minimum atomic E-state index is -3.64. The summed E-state index contributed by atoms with van der Waals surface area (Å²) in [5.74, 6) is 0.404. The average molecular weight is 657 g/mol. The number of nitrogens with one attached hydrogen (secondary N) is 1. The van der Waals surface area contributed by atoms with Gasteiger partial charge in [-0.3, -0.25) is 14.7 Å². The Kier molecular flexibility index (Phi) is 10.5. The first-order valence-corrected chi connectivity index (χ1v) is 17.0. The molecule has 13 heteroatoms. The molecule has 1 saturated heterocycles. The lowest BCUT2D eigenvalue weighted by Crippen LogP contribution is -2.48. The van der Waals surface area contributed by atoms with E-state index in [2.05, 4.69) is 25.2 Å². The SMILES string of the molecule is COc1ccc2nc(NC(=O)C(CC3CCCC3)c3ccc(S(=O)(=O)N4CCN(Cc5cccnc5)CC4)cc3)sc2n1.Cl. The Hall–Kier alpha value is -3.16. The molecule has 0 radical (unpaired) electrons. The van der Waals surface area contributed by atoms with E-state index in [4.69, 9.17) is 4.74 Å². The summed E-state index contributed by atoms with van der Waals surface area (Å²) < 4.78 is 33.8. The number of carbonyl (C=O) groups is 1. The monoisotopic (exact) mass is 656 g/mol. The first-order valence-electron chi connectivity index (χ1n) is 14.7. The van der Waals surface area contributed by atoms with Crippen molar-refractivity contribution < 1.29 is 17.9 Å². The summed E-state index contributed by atoms with van der Waals surface area (Å²) in [5, 5.41) is 3.50. The molecule has 1 aliphatic heterocycles. The maximum Gasteiger partial charge on any atom is 0.243 e. The van der Waals surface area contributed by atoms with Crippen molar-refractivity contribution in [2.24, 2.45) is 5.92 Å². The van der Waals surface area contributed by atoms with E-state index in [1.165, 1.54) is 24.2 Å². The Morgan fingerprint density at radius 1 is 1.05 bits per heavy atom. The number of sulfonamides is 1. The predicted molar refractivity (Wildman–Crippen MR) is 174 cm³/mol. The van der Waals surface area contributed by atoms with Gasteiger partial charge in [0.15, 0.2) is 5.13 Å². The number of rotatable bonds is 10. The van der Waals surface area contributed by atoms with Crippen LogP contribution >= 0.6 is 23.7 Å². The second-order valence-corrected chi connectivity index (χ2v) is 14.2. The van der Waals surface area contributed by atoms with Crippen molar-refractivity contribution in [2.45, 2.75) is 49.5 Å². The Morgan fingerprint density at radius 2 is 1.80 bits per heavy atom. The Morgan fingerprint density at radius 3 is 2.48 bits per heavy atom. The van der Waals surface area contributed by atoms with Crippen LogP contribution in [0.2, 0.25) is 0 Å². The van der Waals surface area contributed by atoms with Crippen LogP contribution in [0.3, 0.4) is 0 Å². The van der Waals surface area contributed by atoms with E-state index in [1.807, 2.05) is 24.4 Å². The van der Waals surface area contributed by atoms with Crippen molar-refractivity contribution in [2.75, 3.05) is 38.6 Å². The third-order valence-corrected chi connectivity index (χ3v) is 11.2. The molecule has 1 atom stereocenters. The van der Waals surface area contributed by atoms with E-state index in [0.29, 0.717) is 59.9 Å². The Labute approximate surface area is 268 Å². The number of benzene rings is 1. The van der Waals surface area contributed by atoms with E-state index >= 15 is 0 Å². The topological polar surface area (TPSA) is 118 Å². The van der Waals surface area contributed by atoms with Crippen LogP contribution in [0.4, 0.5) is 5.13 Å². The minimum absolute atomic E-state index is 0. The van der Waals surface area contributed by atoms with Crippen molar-refractivity contribution in [3.8, 4) is 5.88 Å². The summed E-state index contributed by atoms with van der Waals surface area (Å²) in [6, 6.07) is 14.4. The standard InChI is InChI=1S/C31H36N6O4S2.ClH/c1-41-28-13-12-27-30(34-28)42-31(33-27)35-29(38)26(19-22-5-2-3-6-22)24-8-10-25(11-9-24)43(39,40)37-17-15-36(16-18-37)21-23-7-4-14-32-20-23;/h4,7-14,20,22,26H,2-3,5-6,15-19,21H2,1H3,(H,33,35,38);1H. The number of pyridine rings is 2. The van der Waals surface area contributed by atoms with E-state index in [9.17, 15) is 13.2 Å². The molecule has 0 bridgehead atoms. The highest BCUT2D eigenvalue weighted by Crippen LogP contribution is 2.36. The fourth-order valence-corrected chi connectivity index (χ4v) is 8.29. The molecular weight excluding hydrogens is 620 g/mol. The highest BCUT2D eigenvalue weighted by molar-refractivity contribution is 7.89. The minimum Gasteiger partial charge on any atom is -0.481 e. The van der Waals surface area contributed by atoms with Crippen LogP contribution in [0, 0.1) is 5.92 Å². The number of nitrogens with zero attached hydrogens (tertiary/aromatic N) is 5. The molecule has 0 spiro atoms. The van der Waals surface area contributed by atoms with Crippen molar-refractivity contribution in [1.82, 2.24) is 24.2 Å². The van der Waals surface area contributed by atoms with Crippen LogP contribution in [-0.2, 0) is 21.4 Å². The van der Waals surface area contributed by atoms with E-state index in [-0.39, 0.29) is 23.2 Å². The molecule has 4 heterocycles. The zero-order chi connectivity index (χ0) is 29.8. The summed E-state index contributed by atoms with van der Waals surface area (Å²) >= 11 is 1.31. The molecule has 10 nitrogen and oxygen atoms in total. The summed E-state index contributed by atoms with van der Waals surface area (Å²) in [6.45, 7) is 2.93. The molecule has 3 aromatic heterocycles. The van der Waals surface area contributed by atoms with E-state index < -0.39 is 15.9 Å². The van der Waals surface area contributed by atoms with Gasteiger partial charge in [-0.1, -0.05) is 55.2 Å². The van der Waals surface area contributed by atoms with Gasteiger partial charge in [0.1, 0.15) is 10.3 Å². The number of piperazine rings is 1. The smallest absolute Gasteiger partial charge is 0.243 e. The zero-order valence-corrected chi connectivity index (χ0v) is 27.0. The van der Waals surface area contributed by atoms with E-state index in [1.54, 1.807) is 47.9 Å². The number of fused-ring (bicyclic) bond motifs is 1. The highest BCUT2D eigenvalue weighted by Gasteiger charge is 2.31. The molecule has 1 unspecified atom stereocenters. The van der Waals surface area contributed by atoms with Gasteiger partial charge >= 0.3 is 0 Å². The van der Waals surface area contributed by atoms with Crippen molar-refractivity contribution in [1.29, 1.82) is 0 Å². The molecule has 1 N–H and O–H groups in total. The van der Waals surface area contributed by atoms with Crippen LogP contribution in [0.25, 0.3) is 10.3 Å². The second kappa shape index (κ2) is 14.3. The maximum atomic E-state index is 13.7. The number of ether oxygens (including phenoxy) is 1. The molecule has 44 heavy (non-hydrogen) atoms. The predicted octanol–water partition coefficient (Wildman–Crippen LogP) is 5.33. The van der Waals surface area contributed by atoms with Crippen LogP contribution in [0.1, 0.15) is 49.1 Å². The summed E-state index contributed by atoms with van der Waals surface area (Å²) in [6.07, 6.45) is 8.88. The van der Waals surface area contributed by atoms with Crippen molar-refractivity contribution in [3.05, 3.63) is 72.1 Å². The number of aromatic nitrogens is 3. The molecule has 1 amide bonds. The van der Waals surface area contributed by atoms with Gasteiger partial charge in [-0.25, -0.2) is 18.4 Å². The molecule has 1 saturated carbocycles. The number of halogens is 1. The van der Waals surface area contributed by atoms with Crippen molar-refractivity contribution >= 4 is 55.2 Å². The summed E-state index contributed by atoms with van der Waals surface area (Å²) in [5.41, 5.74) is 2.62. The molecule has 2 fully saturated rings. The van der Waals surface area contributed by atoms with Gasteiger partial charge < -0.3 is 10.1 Å². The molecule has 1 aromatic carbocycles. The lowest BCUT2D eigenvalue weighted by Gasteiger charge is -2.34. The van der Waals surface area contributed by atoms with Gasteiger partial charge in [0.05, 0.1) is 17.9 Å². The fraction of sp³-hybridized carbons (Fsp3) is 0.419.